The summed E-state index contributed by atoms with van der Waals surface area (Å²) in [6.45, 7) is 6.45. The molecule has 1 rings (SSSR count). The zero-order valence-corrected chi connectivity index (χ0v) is 10.2. The highest BCUT2D eigenvalue weighted by Gasteiger charge is 2.07. The summed E-state index contributed by atoms with van der Waals surface area (Å²) in [5.41, 5.74) is 8.88. The lowest BCUT2D eigenvalue weighted by molar-refractivity contribution is -0.120. The van der Waals surface area contributed by atoms with Crippen molar-refractivity contribution in [3.63, 3.8) is 0 Å². The summed E-state index contributed by atoms with van der Waals surface area (Å²) in [6, 6.07) is 6.22. The molecule has 0 saturated carbocycles. The Morgan fingerprint density at radius 3 is 2.38 bits per heavy atom. The van der Waals surface area contributed by atoms with Crippen molar-refractivity contribution in [3.05, 3.63) is 34.9 Å². The lowest BCUT2D eigenvalue weighted by atomic mass is 10.0. The molecule has 0 aliphatic carbocycles. The van der Waals surface area contributed by atoms with Crippen LogP contribution < -0.4 is 11.1 Å². The van der Waals surface area contributed by atoms with E-state index in [4.69, 9.17) is 5.73 Å². The quantitative estimate of drug-likeness (QED) is 0.804. The van der Waals surface area contributed by atoms with E-state index in [1.54, 1.807) is 0 Å². The summed E-state index contributed by atoms with van der Waals surface area (Å²) in [7, 11) is 0. The van der Waals surface area contributed by atoms with Crippen LogP contribution in [0.1, 0.15) is 23.6 Å². The number of carbonyl (C=O) groups excluding carboxylic acids is 1. The van der Waals surface area contributed by atoms with Gasteiger partial charge in [-0.1, -0.05) is 29.3 Å². The van der Waals surface area contributed by atoms with E-state index in [2.05, 4.69) is 11.4 Å². The number of benzene rings is 1. The van der Waals surface area contributed by atoms with Crippen LogP contribution in [0.3, 0.4) is 0 Å². The minimum absolute atomic E-state index is 0.0305. The van der Waals surface area contributed by atoms with Crippen LogP contribution >= 0.6 is 0 Å². The fourth-order valence-electron chi connectivity index (χ4n) is 1.74. The fraction of sp³-hybridized carbons (Fsp3) is 0.462. The van der Waals surface area contributed by atoms with Gasteiger partial charge in [-0.05, 0) is 26.3 Å². The first kappa shape index (κ1) is 12.7. The Morgan fingerprint density at radius 2 is 1.88 bits per heavy atom. The molecule has 16 heavy (non-hydrogen) atoms. The van der Waals surface area contributed by atoms with Crippen molar-refractivity contribution in [2.45, 2.75) is 33.2 Å². The summed E-state index contributed by atoms with van der Waals surface area (Å²) in [6.07, 6.45) is 0.423. The van der Waals surface area contributed by atoms with Crippen LogP contribution in [0.4, 0.5) is 0 Å². The lowest BCUT2D eigenvalue weighted by Crippen LogP contribution is -2.38. The minimum Gasteiger partial charge on any atom is -0.352 e. The first-order valence-electron chi connectivity index (χ1n) is 5.58. The zero-order valence-electron chi connectivity index (χ0n) is 10.2. The van der Waals surface area contributed by atoms with E-state index in [1.807, 2.05) is 32.9 Å². The second-order valence-electron chi connectivity index (χ2n) is 4.38. The topological polar surface area (TPSA) is 55.1 Å². The number of aryl methyl sites for hydroxylation is 2. The van der Waals surface area contributed by atoms with E-state index in [0.29, 0.717) is 13.0 Å². The first-order chi connectivity index (χ1) is 7.51. The highest BCUT2D eigenvalue weighted by Crippen LogP contribution is 2.09. The Balaban J connectivity index is 2.62. The Bertz CT molecular complexity index is 354. The lowest BCUT2D eigenvalue weighted by Gasteiger charge is -2.11. The predicted octanol–water partition coefficient (Wildman–Crippen LogP) is 1.31. The molecule has 1 aromatic carbocycles. The van der Waals surface area contributed by atoms with Crippen LogP contribution in [0.2, 0.25) is 0 Å². The Morgan fingerprint density at radius 1 is 1.31 bits per heavy atom. The van der Waals surface area contributed by atoms with Crippen molar-refractivity contribution in [2.75, 3.05) is 6.54 Å². The van der Waals surface area contributed by atoms with Crippen molar-refractivity contribution in [2.24, 2.45) is 5.73 Å². The SMILES string of the molecule is Cc1cc(C)cc(CC(=O)NC(C)CN)c1. The number of amides is 1. The summed E-state index contributed by atoms with van der Waals surface area (Å²) in [5, 5.41) is 2.85. The highest BCUT2D eigenvalue weighted by molar-refractivity contribution is 5.78. The van der Waals surface area contributed by atoms with Gasteiger partial charge in [0.1, 0.15) is 0 Å². The van der Waals surface area contributed by atoms with Crippen LogP contribution in [0.5, 0.6) is 0 Å². The third-order valence-corrected chi connectivity index (χ3v) is 2.41. The molecule has 0 aliphatic rings. The summed E-state index contributed by atoms with van der Waals surface area (Å²) in [4.78, 5) is 11.6. The van der Waals surface area contributed by atoms with E-state index in [9.17, 15) is 4.79 Å². The molecule has 0 aliphatic heterocycles. The molecular formula is C13H20N2O. The Labute approximate surface area is 97.0 Å². The van der Waals surface area contributed by atoms with Crippen LogP contribution in [0.25, 0.3) is 0 Å². The molecule has 0 heterocycles. The normalized spacial score (nSPS) is 12.2. The van der Waals surface area contributed by atoms with Crippen molar-refractivity contribution in [1.29, 1.82) is 0 Å². The maximum Gasteiger partial charge on any atom is 0.224 e. The molecule has 88 valence electrons. The van der Waals surface area contributed by atoms with Crippen molar-refractivity contribution < 1.29 is 4.79 Å². The monoisotopic (exact) mass is 220 g/mol. The van der Waals surface area contributed by atoms with Gasteiger partial charge in [-0.2, -0.15) is 0 Å². The van der Waals surface area contributed by atoms with Gasteiger partial charge in [0, 0.05) is 12.6 Å². The minimum atomic E-state index is 0.0305. The third-order valence-electron chi connectivity index (χ3n) is 2.41. The fourth-order valence-corrected chi connectivity index (χ4v) is 1.74. The van der Waals surface area contributed by atoms with E-state index in [0.717, 1.165) is 5.56 Å². The molecule has 0 spiro atoms. The van der Waals surface area contributed by atoms with Gasteiger partial charge >= 0.3 is 0 Å². The highest BCUT2D eigenvalue weighted by atomic mass is 16.1. The van der Waals surface area contributed by atoms with E-state index < -0.39 is 0 Å². The van der Waals surface area contributed by atoms with Crippen LogP contribution in [-0.2, 0) is 11.2 Å². The van der Waals surface area contributed by atoms with Crippen molar-refractivity contribution in [1.82, 2.24) is 5.32 Å². The molecular weight excluding hydrogens is 200 g/mol. The van der Waals surface area contributed by atoms with E-state index >= 15 is 0 Å². The van der Waals surface area contributed by atoms with Crippen LogP contribution in [0, 0.1) is 13.8 Å². The average Bonchev–Trinajstić information content (AvgIpc) is 2.15. The largest absolute Gasteiger partial charge is 0.352 e. The van der Waals surface area contributed by atoms with Gasteiger partial charge in [-0.15, -0.1) is 0 Å². The first-order valence-corrected chi connectivity index (χ1v) is 5.58. The summed E-state index contributed by atoms with van der Waals surface area (Å²) >= 11 is 0. The number of carbonyl (C=O) groups is 1. The van der Waals surface area contributed by atoms with Gasteiger partial charge < -0.3 is 11.1 Å². The maximum atomic E-state index is 11.6. The van der Waals surface area contributed by atoms with Crippen molar-refractivity contribution in [3.8, 4) is 0 Å². The summed E-state index contributed by atoms with van der Waals surface area (Å²) < 4.78 is 0. The average molecular weight is 220 g/mol. The standard InChI is InChI=1S/C13H20N2O/c1-9-4-10(2)6-12(5-9)7-13(16)15-11(3)8-14/h4-6,11H,7-8,14H2,1-3H3,(H,15,16). The Kier molecular flexibility index (Phi) is 4.50. The van der Waals surface area contributed by atoms with Crippen molar-refractivity contribution >= 4 is 5.91 Å². The summed E-state index contributed by atoms with van der Waals surface area (Å²) in [5.74, 6) is 0.0305. The second kappa shape index (κ2) is 5.66. The Hall–Kier alpha value is -1.35. The number of rotatable bonds is 4. The molecule has 0 aromatic heterocycles. The number of hydrogen-bond acceptors (Lipinski definition) is 2. The molecule has 1 atom stereocenters. The molecule has 0 saturated heterocycles. The third kappa shape index (κ3) is 4.03. The molecule has 1 amide bonds. The smallest absolute Gasteiger partial charge is 0.224 e. The molecule has 3 heteroatoms. The van der Waals surface area contributed by atoms with Gasteiger partial charge in [-0.3, -0.25) is 4.79 Å². The van der Waals surface area contributed by atoms with E-state index in [-0.39, 0.29) is 11.9 Å². The van der Waals surface area contributed by atoms with Gasteiger partial charge in [-0.25, -0.2) is 0 Å². The van der Waals surface area contributed by atoms with E-state index in [1.165, 1.54) is 11.1 Å². The molecule has 0 fully saturated rings. The van der Waals surface area contributed by atoms with Gasteiger partial charge in [0.15, 0.2) is 0 Å². The van der Waals surface area contributed by atoms with Gasteiger partial charge in [0.25, 0.3) is 0 Å². The van der Waals surface area contributed by atoms with Crippen LogP contribution in [0.15, 0.2) is 18.2 Å². The second-order valence-corrected chi connectivity index (χ2v) is 4.38. The maximum absolute atomic E-state index is 11.6. The molecule has 3 nitrogen and oxygen atoms in total. The predicted molar refractivity (Wildman–Crippen MR) is 66.3 cm³/mol. The number of nitrogens with two attached hydrogens (primary N) is 1. The van der Waals surface area contributed by atoms with Gasteiger partial charge in [0.05, 0.1) is 6.42 Å². The number of hydrogen-bond donors (Lipinski definition) is 2. The zero-order chi connectivity index (χ0) is 12.1. The molecule has 0 radical (unpaired) electrons. The van der Waals surface area contributed by atoms with Gasteiger partial charge in [0.2, 0.25) is 5.91 Å². The molecule has 1 unspecified atom stereocenters. The van der Waals surface area contributed by atoms with Crippen LogP contribution in [-0.4, -0.2) is 18.5 Å². The number of nitrogens with one attached hydrogen (secondary N) is 1. The molecule has 0 bridgehead atoms. The molecule has 1 aromatic rings. The molecule has 3 N–H and O–H groups in total.